The van der Waals surface area contributed by atoms with Gasteiger partial charge < -0.3 is 0 Å². The van der Waals surface area contributed by atoms with Crippen LogP contribution in [0.4, 0.5) is 0 Å². The van der Waals surface area contributed by atoms with Crippen molar-refractivity contribution in [1.29, 1.82) is 0 Å². The van der Waals surface area contributed by atoms with E-state index in [1.54, 1.807) is 12.8 Å². The molecule has 10 heavy (non-hydrogen) atoms. The molecule has 1 aliphatic rings. The van der Waals surface area contributed by atoms with Crippen molar-refractivity contribution in [2.45, 2.75) is 51.1 Å². The summed E-state index contributed by atoms with van der Waals surface area (Å²) < 4.78 is 0. The van der Waals surface area contributed by atoms with Crippen molar-refractivity contribution in [2.75, 3.05) is 6.16 Å². The van der Waals surface area contributed by atoms with Crippen molar-refractivity contribution < 1.29 is 0 Å². The molecule has 0 aromatic carbocycles. The zero-order chi connectivity index (χ0) is 7.23. The van der Waals surface area contributed by atoms with Crippen molar-refractivity contribution in [3.63, 3.8) is 0 Å². The van der Waals surface area contributed by atoms with Crippen molar-refractivity contribution in [3.05, 3.63) is 0 Å². The van der Waals surface area contributed by atoms with Gasteiger partial charge in [-0.25, -0.2) is 0 Å². The first-order valence-electron chi connectivity index (χ1n) is 4.67. The number of hydrogen-bond donors (Lipinski definition) is 0. The van der Waals surface area contributed by atoms with Crippen LogP contribution in [0, 0.1) is 0 Å². The fourth-order valence-electron chi connectivity index (χ4n) is 1.61. The van der Waals surface area contributed by atoms with E-state index in [0.29, 0.717) is 0 Å². The fraction of sp³-hybridized carbons (Fsp3) is 1.00. The average molecular weight is 158 g/mol. The van der Waals surface area contributed by atoms with Gasteiger partial charge >= 0.3 is 0 Å². The lowest BCUT2D eigenvalue weighted by Gasteiger charge is -2.06. The SMILES string of the molecule is CCCCPC1CCCC1. The van der Waals surface area contributed by atoms with Crippen molar-refractivity contribution in [3.8, 4) is 0 Å². The molecule has 1 unspecified atom stereocenters. The molecule has 0 nitrogen and oxygen atoms in total. The van der Waals surface area contributed by atoms with Gasteiger partial charge in [0.2, 0.25) is 0 Å². The van der Waals surface area contributed by atoms with E-state index in [9.17, 15) is 0 Å². The van der Waals surface area contributed by atoms with Gasteiger partial charge in [-0.05, 0) is 31.1 Å². The maximum Gasteiger partial charge on any atom is -0.0237 e. The first-order valence-corrected chi connectivity index (χ1v) is 5.95. The summed E-state index contributed by atoms with van der Waals surface area (Å²) in [6.07, 6.45) is 10.5. The molecule has 1 saturated carbocycles. The molecule has 0 N–H and O–H groups in total. The summed E-state index contributed by atoms with van der Waals surface area (Å²) in [4.78, 5) is 0. The van der Waals surface area contributed by atoms with Gasteiger partial charge in [0.25, 0.3) is 0 Å². The summed E-state index contributed by atoms with van der Waals surface area (Å²) in [5.41, 5.74) is 1.14. The van der Waals surface area contributed by atoms with Crippen LogP contribution >= 0.6 is 8.58 Å². The van der Waals surface area contributed by atoms with Crippen LogP contribution in [-0.2, 0) is 0 Å². The predicted octanol–water partition coefficient (Wildman–Crippen LogP) is 3.41. The van der Waals surface area contributed by atoms with Gasteiger partial charge in [-0.2, -0.15) is 0 Å². The first-order chi connectivity index (χ1) is 4.93. The van der Waals surface area contributed by atoms with Crippen LogP contribution in [0.1, 0.15) is 45.4 Å². The normalized spacial score (nSPS) is 21.3. The second-order valence-corrected chi connectivity index (χ2v) is 5.01. The molecule has 0 aromatic rings. The molecule has 0 heterocycles. The van der Waals surface area contributed by atoms with Crippen LogP contribution < -0.4 is 0 Å². The number of hydrogen-bond acceptors (Lipinski definition) is 0. The highest BCUT2D eigenvalue weighted by Crippen LogP contribution is 2.34. The minimum absolute atomic E-state index is 1.14. The van der Waals surface area contributed by atoms with Crippen LogP contribution in [-0.4, -0.2) is 11.8 Å². The molecule has 1 atom stereocenters. The zero-order valence-electron chi connectivity index (χ0n) is 7.03. The molecule has 0 spiro atoms. The highest BCUT2D eigenvalue weighted by atomic mass is 31.1. The van der Waals surface area contributed by atoms with Gasteiger partial charge in [-0.1, -0.05) is 26.2 Å². The molecule has 1 fully saturated rings. The maximum atomic E-state index is 2.29. The van der Waals surface area contributed by atoms with E-state index in [-0.39, 0.29) is 0 Å². The molecule has 0 aromatic heterocycles. The van der Waals surface area contributed by atoms with E-state index >= 15 is 0 Å². The Bertz CT molecular complexity index is 74.8. The lowest BCUT2D eigenvalue weighted by molar-refractivity contribution is 0.864. The van der Waals surface area contributed by atoms with E-state index in [2.05, 4.69) is 6.92 Å². The molecule has 0 radical (unpaired) electrons. The van der Waals surface area contributed by atoms with E-state index < -0.39 is 0 Å². The Morgan fingerprint density at radius 3 is 2.60 bits per heavy atom. The zero-order valence-corrected chi connectivity index (χ0v) is 8.03. The van der Waals surface area contributed by atoms with E-state index in [1.807, 2.05) is 0 Å². The van der Waals surface area contributed by atoms with Crippen molar-refractivity contribution >= 4 is 8.58 Å². The molecule has 1 heteroatoms. The van der Waals surface area contributed by atoms with Crippen LogP contribution in [0.2, 0.25) is 0 Å². The third-order valence-electron chi connectivity index (χ3n) is 2.32. The minimum Gasteiger partial charge on any atom is -0.119 e. The predicted molar refractivity (Wildman–Crippen MR) is 50.3 cm³/mol. The molecule has 0 aliphatic heterocycles. The van der Waals surface area contributed by atoms with Gasteiger partial charge in [-0.15, -0.1) is 8.58 Å². The molecular formula is C9H19P. The summed E-state index contributed by atoms with van der Waals surface area (Å²) in [6, 6.07) is 0. The summed E-state index contributed by atoms with van der Waals surface area (Å²) in [6.45, 7) is 2.29. The van der Waals surface area contributed by atoms with Gasteiger partial charge in [-0.3, -0.25) is 0 Å². The second-order valence-electron chi connectivity index (χ2n) is 3.29. The highest BCUT2D eigenvalue weighted by Gasteiger charge is 2.13. The Kier molecular flexibility index (Phi) is 4.37. The minimum atomic E-state index is 1.14. The molecule has 60 valence electrons. The van der Waals surface area contributed by atoms with E-state index in [4.69, 9.17) is 0 Å². The Hall–Kier alpha value is 0.430. The quantitative estimate of drug-likeness (QED) is 0.434. The van der Waals surface area contributed by atoms with Crippen molar-refractivity contribution in [1.82, 2.24) is 0 Å². The smallest absolute Gasteiger partial charge is 0.0237 e. The second kappa shape index (κ2) is 5.13. The standard InChI is InChI=1S/C9H19P/c1-2-3-8-10-9-6-4-5-7-9/h9-10H,2-8H2,1H3. The summed E-state index contributed by atoms with van der Waals surface area (Å²) >= 11 is 0. The Labute approximate surface area is 66.6 Å². The molecule has 0 bridgehead atoms. The topological polar surface area (TPSA) is 0 Å². The summed E-state index contributed by atoms with van der Waals surface area (Å²) in [5, 5.41) is 0. The lowest BCUT2D eigenvalue weighted by Crippen LogP contribution is -1.92. The lowest BCUT2D eigenvalue weighted by atomic mass is 10.4. The third kappa shape index (κ3) is 3.01. The summed E-state index contributed by atoms with van der Waals surface area (Å²) in [7, 11) is 1.29. The van der Waals surface area contributed by atoms with Crippen LogP contribution in [0.25, 0.3) is 0 Å². The average Bonchev–Trinajstić information content (AvgIpc) is 2.41. The van der Waals surface area contributed by atoms with Crippen LogP contribution in [0.15, 0.2) is 0 Å². The molecule has 0 saturated heterocycles. The highest BCUT2D eigenvalue weighted by molar-refractivity contribution is 7.38. The largest absolute Gasteiger partial charge is 0.119 e. The summed E-state index contributed by atoms with van der Waals surface area (Å²) in [5.74, 6) is 0. The van der Waals surface area contributed by atoms with Crippen molar-refractivity contribution in [2.24, 2.45) is 0 Å². The molecule has 0 amide bonds. The molecular weight excluding hydrogens is 139 g/mol. The Balaban J connectivity index is 1.91. The fourth-order valence-corrected chi connectivity index (χ4v) is 3.40. The van der Waals surface area contributed by atoms with Gasteiger partial charge in [0.05, 0.1) is 0 Å². The molecule has 1 rings (SSSR count). The van der Waals surface area contributed by atoms with E-state index in [0.717, 1.165) is 5.66 Å². The van der Waals surface area contributed by atoms with Gasteiger partial charge in [0, 0.05) is 0 Å². The Morgan fingerprint density at radius 2 is 2.00 bits per heavy atom. The third-order valence-corrected chi connectivity index (χ3v) is 4.12. The van der Waals surface area contributed by atoms with Gasteiger partial charge in [0.15, 0.2) is 0 Å². The van der Waals surface area contributed by atoms with Gasteiger partial charge in [0.1, 0.15) is 0 Å². The Morgan fingerprint density at radius 1 is 1.30 bits per heavy atom. The number of unbranched alkanes of at least 4 members (excludes halogenated alkanes) is 1. The number of rotatable bonds is 4. The van der Waals surface area contributed by atoms with Crippen LogP contribution in [0.3, 0.4) is 0 Å². The maximum absolute atomic E-state index is 2.29. The van der Waals surface area contributed by atoms with Crippen LogP contribution in [0.5, 0.6) is 0 Å². The molecule has 1 aliphatic carbocycles. The van der Waals surface area contributed by atoms with E-state index in [1.165, 1.54) is 40.4 Å². The first kappa shape index (κ1) is 8.53. The monoisotopic (exact) mass is 158 g/mol.